The Labute approximate surface area is 58.9 Å². The molecule has 0 N–H and O–H groups in total. The van der Waals surface area contributed by atoms with Crippen LogP contribution >= 0.6 is 23.2 Å². The van der Waals surface area contributed by atoms with Crippen molar-refractivity contribution in [2.45, 2.75) is 17.2 Å². The molecule has 0 unspecified atom stereocenters. The predicted molar refractivity (Wildman–Crippen MR) is 34.5 cm³/mol. The fourth-order valence-electron chi connectivity index (χ4n) is 0.670. The van der Waals surface area contributed by atoms with Gasteiger partial charge in [0.15, 0.2) is 0 Å². The zero-order valence-electron chi connectivity index (χ0n) is 4.49. The molecule has 0 aromatic carbocycles. The fourth-order valence-corrected chi connectivity index (χ4v) is 0.979. The summed E-state index contributed by atoms with van der Waals surface area (Å²) in [6.07, 6.45) is 1.52. The number of hydrogen-bond donors (Lipinski definition) is 0. The van der Waals surface area contributed by atoms with Crippen LogP contribution in [0.4, 0.5) is 0 Å². The van der Waals surface area contributed by atoms with Gasteiger partial charge in [0.05, 0.1) is 0 Å². The number of rotatable bonds is 0. The van der Waals surface area contributed by atoms with Gasteiger partial charge in [0.1, 0.15) is 4.33 Å². The summed E-state index contributed by atoms with van der Waals surface area (Å²) < 4.78 is 4.53. The Kier molecular flexibility index (Phi) is 2.02. The minimum Gasteiger partial charge on any atom is -0.381 e. The number of ether oxygens (including phenoxy) is 1. The van der Waals surface area contributed by atoms with Crippen LogP contribution in [-0.2, 0) is 4.74 Å². The maximum absolute atomic E-state index is 5.76. The average Bonchev–Trinajstić information content (AvgIpc) is 1.65. The van der Waals surface area contributed by atoms with Crippen LogP contribution in [0.2, 0.25) is 0 Å². The van der Waals surface area contributed by atoms with Gasteiger partial charge in [0, 0.05) is 26.1 Å². The third kappa shape index (κ3) is 1.81. The minimum atomic E-state index is -0.502. The van der Waals surface area contributed by atoms with E-state index in [-0.39, 0.29) is 0 Å². The second-order valence-corrected chi connectivity index (χ2v) is 3.61. The van der Waals surface area contributed by atoms with Crippen molar-refractivity contribution in [1.29, 1.82) is 0 Å². The molecule has 0 amide bonds. The van der Waals surface area contributed by atoms with Gasteiger partial charge in [-0.2, -0.15) is 0 Å². The van der Waals surface area contributed by atoms with Crippen molar-refractivity contribution in [3.8, 4) is 0 Å². The summed E-state index contributed by atoms with van der Waals surface area (Å²) in [5.41, 5.74) is 0. The summed E-state index contributed by atoms with van der Waals surface area (Å²) in [6, 6.07) is 0. The van der Waals surface area contributed by atoms with E-state index in [1.165, 1.54) is 0 Å². The molecule has 1 fully saturated rings. The van der Waals surface area contributed by atoms with Gasteiger partial charge in [-0.25, -0.2) is 0 Å². The highest BCUT2D eigenvalue weighted by molar-refractivity contribution is 6.48. The summed E-state index contributed by atoms with van der Waals surface area (Å²) in [4.78, 5) is 0. The Morgan fingerprint density at radius 1 is 1.12 bits per heavy atom. The second kappa shape index (κ2) is 2.42. The Morgan fingerprint density at radius 3 is 1.88 bits per heavy atom. The van der Waals surface area contributed by atoms with Gasteiger partial charge >= 0.3 is 0 Å². The maximum Gasteiger partial charge on any atom is 0.122 e. The standard InChI is InChI=1S/C5H8Cl2O/c6-5(7)1-3-8-4-2-5/h1-4H2. The number of alkyl halides is 2. The largest absolute Gasteiger partial charge is 0.381 e. The van der Waals surface area contributed by atoms with Gasteiger partial charge in [-0.3, -0.25) is 0 Å². The molecule has 0 aromatic heterocycles. The quantitative estimate of drug-likeness (QED) is 0.486. The first-order valence-corrected chi connectivity index (χ1v) is 3.42. The van der Waals surface area contributed by atoms with Crippen LogP contribution in [0.5, 0.6) is 0 Å². The van der Waals surface area contributed by atoms with E-state index in [1.807, 2.05) is 0 Å². The van der Waals surface area contributed by atoms with Crippen LogP contribution in [0.15, 0.2) is 0 Å². The summed E-state index contributed by atoms with van der Waals surface area (Å²) in [6.45, 7) is 1.40. The first kappa shape index (κ1) is 6.66. The highest BCUT2D eigenvalue weighted by atomic mass is 35.5. The third-order valence-electron chi connectivity index (χ3n) is 1.22. The Hall–Kier alpha value is 0.540. The SMILES string of the molecule is ClC1(Cl)CCOCC1. The molecule has 0 aromatic rings. The molecule has 3 heteroatoms. The molecule has 1 nitrogen and oxygen atoms in total. The molecule has 0 aliphatic carbocycles. The van der Waals surface area contributed by atoms with Gasteiger partial charge < -0.3 is 4.74 Å². The molecular weight excluding hydrogens is 147 g/mol. The van der Waals surface area contributed by atoms with E-state index in [0.717, 1.165) is 12.8 Å². The van der Waals surface area contributed by atoms with Gasteiger partial charge in [-0.15, -0.1) is 23.2 Å². The lowest BCUT2D eigenvalue weighted by molar-refractivity contribution is 0.0920. The van der Waals surface area contributed by atoms with Crippen molar-refractivity contribution in [2.75, 3.05) is 13.2 Å². The van der Waals surface area contributed by atoms with E-state index in [1.54, 1.807) is 0 Å². The van der Waals surface area contributed by atoms with Crippen LogP contribution in [0.1, 0.15) is 12.8 Å². The summed E-state index contributed by atoms with van der Waals surface area (Å²) >= 11 is 11.5. The van der Waals surface area contributed by atoms with Gasteiger partial charge in [0.25, 0.3) is 0 Å². The predicted octanol–water partition coefficient (Wildman–Crippen LogP) is 1.97. The Balaban J connectivity index is 2.33. The van der Waals surface area contributed by atoms with E-state index < -0.39 is 4.33 Å². The number of halogens is 2. The van der Waals surface area contributed by atoms with Crippen molar-refractivity contribution in [1.82, 2.24) is 0 Å². The third-order valence-corrected chi connectivity index (χ3v) is 1.98. The molecule has 8 heavy (non-hydrogen) atoms. The molecule has 0 saturated carbocycles. The summed E-state index contributed by atoms with van der Waals surface area (Å²) in [5, 5.41) is 0. The Bertz CT molecular complexity index is 74.5. The van der Waals surface area contributed by atoms with Crippen molar-refractivity contribution >= 4 is 23.2 Å². The molecular formula is C5H8Cl2O. The maximum atomic E-state index is 5.76. The lowest BCUT2D eigenvalue weighted by Gasteiger charge is -2.23. The van der Waals surface area contributed by atoms with Gasteiger partial charge in [-0.1, -0.05) is 0 Å². The molecule has 0 bridgehead atoms. The first-order valence-electron chi connectivity index (χ1n) is 2.66. The molecule has 1 aliphatic heterocycles. The smallest absolute Gasteiger partial charge is 0.122 e. The van der Waals surface area contributed by atoms with Crippen molar-refractivity contribution < 1.29 is 4.74 Å². The molecule has 1 rings (SSSR count). The van der Waals surface area contributed by atoms with E-state index in [4.69, 9.17) is 27.9 Å². The number of hydrogen-bond acceptors (Lipinski definition) is 1. The summed E-state index contributed by atoms with van der Waals surface area (Å²) in [7, 11) is 0. The van der Waals surface area contributed by atoms with Crippen LogP contribution in [0, 0.1) is 0 Å². The van der Waals surface area contributed by atoms with Crippen LogP contribution in [-0.4, -0.2) is 17.5 Å². The zero-order chi connectivity index (χ0) is 6.04. The second-order valence-electron chi connectivity index (χ2n) is 1.97. The minimum absolute atomic E-state index is 0.502. The van der Waals surface area contributed by atoms with Crippen LogP contribution in [0.25, 0.3) is 0 Å². The van der Waals surface area contributed by atoms with Crippen molar-refractivity contribution in [3.63, 3.8) is 0 Å². The van der Waals surface area contributed by atoms with Crippen LogP contribution in [0.3, 0.4) is 0 Å². The molecule has 1 aliphatic rings. The van der Waals surface area contributed by atoms with E-state index in [2.05, 4.69) is 0 Å². The van der Waals surface area contributed by atoms with E-state index in [9.17, 15) is 0 Å². The highest BCUT2D eigenvalue weighted by Gasteiger charge is 2.26. The molecule has 48 valence electrons. The van der Waals surface area contributed by atoms with Crippen molar-refractivity contribution in [2.24, 2.45) is 0 Å². The van der Waals surface area contributed by atoms with Gasteiger partial charge in [-0.05, 0) is 0 Å². The lowest BCUT2D eigenvalue weighted by atomic mass is 10.2. The van der Waals surface area contributed by atoms with E-state index >= 15 is 0 Å². The van der Waals surface area contributed by atoms with E-state index in [0.29, 0.717) is 13.2 Å². The highest BCUT2D eigenvalue weighted by Crippen LogP contribution is 2.31. The molecule has 0 spiro atoms. The molecule has 1 saturated heterocycles. The van der Waals surface area contributed by atoms with Crippen molar-refractivity contribution in [3.05, 3.63) is 0 Å². The molecule has 0 atom stereocenters. The Morgan fingerprint density at radius 2 is 1.62 bits per heavy atom. The normalized spacial score (nSPS) is 27.8. The zero-order valence-corrected chi connectivity index (χ0v) is 6.00. The lowest BCUT2D eigenvalue weighted by Crippen LogP contribution is -2.24. The van der Waals surface area contributed by atoms with Gasteiger partial charge in [0.2, 0.25) is 0 Å². The topological polar surface area (TPSA) is 9.23 Å². The monoisotopic (exact) mass is 154 g/mol. The van der Waals surface area contributed by atoms with Crippen LogP contribution < -0.4 is 0 Å². The molecule has 1 heterocycles. The summed E-state index contributed by atoms with van der Waals surface area (Å²) in [5.74, 6) is 0. The fraction of sp³-hybridized carbons (Fsp3) is 1.00. The molecule has 0 radical (unpaired) electrons. The first-order chi connectivity index (χ1) is 3.71. The average molecular weight is 155 g/mol.